The number of rotatable bonds is 2. The molecule has 1 fully saturated rings. The number of nitrogens with zero attached hydrogens (tertiary/aromatic N) is 1. The number of aliphatic hydroxyl groups excluding tert-OH is 1. The van der Waals surface area contributed by atoms with Gasteiger partial charge < -0.3 is 5.11 Å². The fraction of sp³-hybridized carbons (Fsp3) is 0.364. The van der Waals surface area contributed by atoms with Gasteiger partial charge in [0.15, 0.2) is 0 Å². The first kappa shape index (κ1) is 8.28. The van der Waals surface area contributed by atoms with Crippen molar-refractivity contribution in [2.24, 2.45) is 5.41 Å². The number of hydrogen-bond donors (Lipinski definition) is 1. The Labute approximate surface area is 77.4 Å². The molecule has 0 amide bonds. The second kappa shape index (κ2) is 2.86. The van der Waals surface area contributed by atoms with Crippen LogP contribution in [0.5, 0.6) is 0 Å². The summed E-state index contributed by atoms with van der Waals surface area (Å²) in [5, 5.41) is 18.8. The largest absolute Gasteiger partial charge is 0.387 e. The van der Waals surface area contributed by atoms with Crippen LogP contribution in [0, 0.1) is 16.7 Å². The Morgan fingerprint density at radius 3 is 2.38 bits per heavy atom. The molecule has 66 valence electrons. The second-order valence-corrected chi connectivity index (χ2v) is 3.58. The zero-order valence-corrected chi connectivity index (χ0v) is 7.27. The topological polar surface area (TPSA) is 44.0 Å². The summed E-state index contributed by atoms with van der Waals surface area (Å²) in [4.78, 5) is 0. The van der Waals surface area contributed by atoms with Crippen molar-refractivity contribution in [3.8, 4) is 6.07 Å². The molecule has 0 heterocycles. The summed E-state index contributed by atoms with van der Waals surface area (Å²) in [7, 11) is 0. The van der Waals surface area contributed by atoms with E-state index in [2.05, 4.69) is 6.07 Å². The van der Waals surface area contributed by atoms with E-state index in [1.165, 1.54) is 0 Å². The molecule has 0 radical (unpaired) electrons. The maximum absolute atomic E-state index is 9.89. The highest BCUT2D eigenvalue weighted by Gasteiger charge is 2.50. The summed E-state index contributed by atoms with van der Waals surface area (Å²) in [6.45, 7) is 0. The Balaban J connectivity index is 2.24. The van der Waals surface area contributed by atoms with Crippen LogP contribution in [0.1, 0.15) is 24.5 Å². The third-order valence-corrected chi connectivity index (χ3v) is 2.65. The Bertz CT molecular complexity index is 335. The van der Waals surface area contributed by atoms with E-state index in [0.29, 0.717) is 0 Å². The van der Waals surface area contributed by atoms with Crippen LogP contribution in [0.3, 0.4) is 0 Å². The first-order valence-electron chi connectivity index (χ1n) is 4.43. The third-order valence-electron chi connectivity index (χ3n) is 2.65. The van der Waals surface area contributed by atoms with E-state index in [1.54, 1.807) is 0 Å². The van der Waals surface area contributed by atoms with Crippen LogP contribution in [-0.2, 0) is 0 Å². The summed E-state index contributed by atoms with van der Waals surface area (Å²) < 4.78 is 0. The van der Waals surface area contributed by atoms with E-state index in [1.807, 2.05) is 30.3 Å². The molecule has 0 saturated heterocycles. The lowest BCUT2D eigenvalue weighted by Gasteiger charge is -2.14. The van der Waals surface area contributed by atoms with Crippen molar-refractivity contribution >= 4 is 0 Å². The maximum Gasteiger partial charge on any atom is 0.0976 e. The van der Waals surface area contributed by atoms with Gasteiger partial charge in [-0.1, -0.05) is 30.3 Å². The fourth-order valence-electron chi connectivity index (χ4n) is 1.54. The Kier molecular flexibility index (Phi) is 1.82. The molecule has 0 aliphatic heterocycles. The normalized spacial score (nSPS) is 20.3. The molecule has 2 heteroatoms. The molecule has 1 aromatic carbocycles. The van der Waals surface area contributed by atoms with Crippen LogP contribution >= 0.6 is 0 Å². The second-order valence-electron chi connectivity index (χ2n) is 3.58. The number of aliphatic hydroxyl groups is 1. The van der Waals surface area contributed by atoms with E-state index >= 15 is 0 Å². The summed E-state index contributed by atoms with van der Waals surface area (Å²) in [5.74, 6) is 0. The molecule has 13 heavy (non-hydrogen) atoms. The molecule has 1 N–H and O–H groups in total. The van der Waals surface area contributed by atoms with Crippen LogP contribution in [-0.4, -0.2) is 5.11 Å². The lowest BCUT2D eigenvalue weighted by Crippen LogP contribution is -2.11. The molecular formula is C11H11NO. The van der Waals surface area contributed by atoms with E-state index in [0.717, 1.165) is 18.4 Å². The van der Waals surface area contributed by atoms with Crippen molar-refractivity contribution in [2.75, 3.05) is 0 Å². The predicted octanol–water partition coefficient (Wildman–Crippen LogP) is 2.02. The summed E-state index contributed by atoms with van der Waals surface area (Å²) in [5.41, 5.74) is 0.364. The molecule has 1 saturated carbocycles. The molecule has 1 atom stereocenters. The average molecular weight is 173 g/mol. The zero-order valence-electron chi connectivity index (χ0n) is 7.27. The molecule has 1 aromatic rings. The summed E-state index contributed by atoms with van der Waals surface area (Å²) in [6.07, 6.45) is 1.03. The van der Waals surface area contributed by atoms with E-state index in [9.17, 15) is 5.11 Å². The number of nitriles is 1. The molecule has 1 aliphatic carbocycles. The van der Waals surface area contributed by atoms with Crippen LogP contribution in [0.2, 0.25) is 0 Å². The average Bonchev–Trinajstić information content (AvgIpc) is 2.99. The van der Waals surface area contributed by atoms with Crippen molar-refractivity contribution in [3.63, 3.8) is 0 Å². The van der Waals surface area contributed by atoms with Gasteiger partial charge in [0.2, 0.25) is 0 Å². The van der Waals surface area contributed by atoms with Crippen LogP contribution in [0.15, 0.2) is 30.3 Å². The Hall–Kier alpha value is -1.33. The third kappa shape index (κ3) is 1.32. The molecule has 0 unspecified atom stereocenters. The highest BCUT2D eigenvalue weighted by atomic mass is 16.3. The molecule has 1 aliphatic rings. The van der Waals surface area contributed by atoms with Crippen LogP contribution in [0.25, 0.3) is 0 Å². The van der Waals surface area contributed by atoms with Gasteiger partial charge in [-0.2, -0.15) is 5.26 Å². The monoisotopic (exact) mass is 173 g/mol. The molecule has 2 rings (SSSR count). The maximum atomic E-state index is 9.89. The van der Waals surface area contributed by atoms with Crippen LogP contribution < -0.4 is 0 Å². The zero-order chi connectivity index (χ0) is 9.31. The van der Waals surface area contributed by atoms with Gasteiger partial charge >= 0.3 is 0 Å². The Morgan fingerprint density at radius 1 is 1.31 bits per heavy atom. The number of benzene rings is 1. The lowest BCUT2D eigenvalue weighted by molar-refractivity contribution is 0.123. The summed E-state index contributed by atoms with van der Waals surface area (Å²) >= 11 is 0. The standard InChI is InChI=1S/C11H11NO/c12-8-11(6-7-11)10(13)9-4-2-1-3-5-9/h1-5,10,13H,6-7H2/t10-/m0/s1. The van der Waals surface area contributed by atoms with Crippen molar-refractivity contribution in [1.82, 2.24) is 0 Å². The van der Waals surface area contributed by atoms with Gasteiger partial charge in [-0.3, -0.25) is 0 Å². The van der Waals surface area contributed by atoms with Crippen LogP contribution in [0.4, 0.5) is 0 Å². The highest BCUT2D eigenvalue weighted by molar-refractivity contribution is 5.26. The molecule has 0 bridgehead atoms. The van der Waals surface area contributed by atoms with Gasteiger partial charge in [-0.15, -0.1) is 0 Å². The minimum absolute atomic E-state index is 0.485. The quantitative estimate of drug-likeness (QED) is 0.743. The highest BCUT2D eigenvalue weighted by Crippen LogP contribution is 2.54. The Morgan fingerprint density at radius 2 is 1.92 bits per heavy atom. The SMILES string of the molecule is N#CC1([C@@H](O)c2ccccc2)CC1. The first-order chi connectivity index (χ1) is 6.28. The van der Waals surface area contributed by atoms with Crippen molar-refractivity contribution < 1.29 is 5.11 Å². The summed E-state index contributed by atoms with van der Waals surface area (Å²) in [6, 6.07) is 11.6. The molecule has 2 nitrogen and oxygen atoms in total. The van der Waals surface area contributed by atoms with Gasteiger partial charge in [-0.25, -0.2) is 0 Å². The smallest absolute Gasteiger partial charge is 0.0976 e. The predicted molar refractivity (Wildman–Crippen MR) is 48.7 cm³/mol. The van der Waals surface area contributed by atoms with E-state index < -0.39 is 11.5 Å². The molecule has 0 aromatic heterocycles. The van der Waals surface area contributed by atoms with Gasteiger partial charge in [0.25, 0.3) is 0 Å². The lowest BCUT2D eigenvalue weighted by atomic mass is 9.94. The molecular weight excluding hydrogens is 162 g/mol. The minimum Gasteiger partial charge on any atom is -0.387 e. The van der Waals surface area contributed by atoms with E-state index in [4.69, 9.17) is 5.26 Å². The molecule has 0 spiro atoms. The van der Waals surface area contributed by atoms with Gasteiger partial charge in [0.05, 0.1) is 17.6 Å². The fourth-order valence-corrected chi connectivity index (χ4v) is 1.54. The van der Waals surface area contributed by atoms with Crippen molar-refractivity contribution in [1.29, 1.82) is 5.26 Å². The minimum atomic E-state index is -0.612. The first-order valence-corrected chi connectivity index (χ1v) is 4.43. The van der Waals surface area contributed by atoms with Crippen molar-refractivity contribution in [2.45, 2.75) is 18.9 Å². The van der Waals surface area contributed by atoms with Gasteiger partial charge in [-0.05, 0) is 18.4 Å². The van der Waals surface area contributed by atoms with Gasteiger partial charge in [0.1, 0.15) is 0 Å². The van der Waals surface area contributed by atoms with Gasteiger partial charge in [0, 0.05) is 0 Å². The van der Waals surface area contributed by atoms with Crippen molar-refractivity contribution in [3.05, 3.63) is 35.9 Å². The number of hydrogen-bond acceptors (Lipinski definition) is 2. The van der Waals surface area contributed by atoms with E-state index in [-0.39, 0.29) is 0 Å².